The third-order valence-electron chi connectivity index (χ3n) is 4.33. The molecule has 2 aromatic rings. The number of nitrogens with one attached hydrogen (secondary N) is 1. The molecule has 1 unspecified atom stereocenters. The monoisotopic (exact) mass is 360 g/mol. The lowest BCUT2D eigenvalue weighted by Gasteiger charge is -2.20. The molecule has 2 aromatic carbocycles. The van der Waals surface area contributed by atoms with Crippen molar-refractivity contribution in [3.05, 3.63) is 65.2 Å². The predicted octanol–water partition coefficient (Wildman–Crippen LogP) is 4.80. The smallest absolute Gasteiger partial charge is 0.220 e. The number of halogens is 1. The van der Waals surface area contributed by atoms with Crippen LogP contribution >= 0.6 is 12.4 Å². The second kappa shape index (κ2) is 8.91. The molecule has 0 saturated carbocycles. The Bertz CT molecular complexity index is 690. The lowest BCUT2D eigenvalue weighted by atomic mass is 9.86. The van der Waals surface area contributed by atoms with E-state index in [1.807, 2.05) is 31.2 Å². The van der Waals surface area contributed by atoms with E-state index in [9.17, 15) is 4.79 Å². The van der Waals surface area contributed by atoms with Gasteiger partial charge in [0.1, 0.15) is 0 Å². The molecule has 0 spiro atoms. The Labute approximate surface area is 157 Å². The van der Waals surface area contributed by atoms with Gasteiger partial charge in [0.05, 0.1) is 6.04 Å². The van der Waals surface area contributed by atoms with E-state index >= 15 is 0 Å². The number of carbonyl (C=O) groups excluding carboxylic acids is 1. The van der Waals surface area contributed by atoms with Crippen LogP contribution in [0, 0.1) is 0 Å². The first-order valence-electron chi connectivity index (χ1n) is 8.50. The van der Waals surface area contributed by atoms with Gasteiger partial charge in [0.25, 0.3) is 0 Å². The Morgan fingerprint density at radius 3 is 2.24 bits per heavy atom. The number of hydrogen-bond acceptors (Lipinski definition) is 2. The number of nitrogens with two attached hydrogens (primary N) is 1. The number of para-hydroxylation sites is 1. The second-order valence-corrected chi connectivity index (χ2v) is 7.36. The van der Waals surface area contributed by atoms with Crippen molar-refractivity contribution < 1.29 is 4.79 Å². The number of anilines is 1. The maximum absolute atomic E-state index is 12.2. The highest BCUT2D eigenvalue weighted by atomic mass is 35.5. The van der Waals surface area contributed by atoms with Crippen molar-refractivity contribution in [3.8, 4) is 0 Å². The van der Waals surface area contributed by atoms with Crippen LogP contribution in [0.4, 0.5) is 5.69 Å². The normalized spacial score (nSPS) is 12.2. The third-order valence-corrected chi connectivity index (χ3v) is 4.33. The minimum Gasteiger partial charge on any atom is -0.399 e. The van der Waals surface area contributed by atoms with Crippen molar-refractivity contribution >= 4 is 24.0 Å². The van der Waals surface area contributed by atoms with Crippen molar-refractivity contribution in [1.82, 2.24) is 5.32 Å². The molecule has 0 heterocycles. The minimum absolute atomic E-state index is 0. The van der Waals surface area contributed by atoms with E-state index < -0.39 is 0 Å². The molecule has 0 aliphatic rings. The fraction of sp³-hybridized carbons (Fsp3) is 0.381. The molecule has 25 heavy (non-hydrogen) atoms. The van der Waals surface area contributed by atoms with Gasteiger partial charge in [0.2, 0.25) is 5.91 Å². The lowest BCUT2D eigenvalue weighted by Crippen LogP contribution is -2.27. The van der Waals surface area contributed by atoms with Crippen molar-refractivity contribution in [2.45, 2.75) is 52.0 Å². The second-order valence-electron chi connectivity index (χ2n) is 7.36. The van der Waals surface area contributed by atoms with E-state index in [-0.39, 0.29) is 29.8 Å². The molecule has 1 amide bonds. The van der Waals surface area contributed by atoms with Crippen LogP contribution in [0.15, 0.2) is 48.5 Å². The topological polar surface area (TPSA) is 55.1 Å². The van der Waals surface area contributed by atoms with Gasteiger partial charge in [0.15, 0.2) is 0 Å². The van der Waals surface area contributed by atoms with Crippen LogP contribution in [-0.4, -0.2) is 5.91 Å². The van der Waals surface area contributed by atoms with E-state index in [1.165, 1.54) is 5.56 Å². The number of hydrogen-bond donors (Lipinski definition) is 2. The molecular weight excluding hydrogens is 332 g/mol. The zero-order valence-corrected chi connectivity index (χ0v) is 16.3. The minimum atomic E-state index is -0.000335. The van der Waals surface area contributed by atoms with Crippen LogP contribution in [0.25, 0.3) is 0 Å². The Kier molecular flexibility index (Phi) is 7.50. The van der Waals surface area contributed by atoms with Crippen LogP contribution in [-0.2, 0) is 16.6 Å². The van der Waals surface area contributed by atoms with Crippen LogP contribution < -0.4 is 11.1 Å². The zero-order valence-electron chi connectivity index (χ0n) is 15.5. The number of carbonyl (C=O) groups is 1. The molecule has 0 aliphatic heterocycles. The average molecular weight is 361 g/mol. The highest BCUT2D eigenvalue weighted by Crippen LogP contribution is 2.24. The van der Waals surface area contributed by atoms with Crippen LogP contribution in [0.1, 0.15) is 56.8 Å². The molecule has 2 rings (SSSR count). The first-order chi connectivity index (χ1) is 11.3. The fourth-order valence-corrected chi connectivity index (χ4v) is 2.68. The summed E-state index contributed by atoms with van der Waals surface area (Å²) < 4.78 is 0. The SMILES string of the molecule is CC(NC(=O)CCc1ccccc1N)c1ccc(C(C)(C)C)cc1.Cl. The Morgan fingerprint density at radius 1 is 1.08 bits per heavy atom. The van der Waals surface area contributed by atoms with Gasteiger partial charge < -0.3 is 11.1 Å². The Morgan fingerprint density at radius 2 is 1.68 bits per heavy atom. The van der Waals surface area contributed by atoms with Crippen LogP contribution in [0.3, 0.4) is 0 Å². The summed E-state index contributed by atoms with van der Waals surface area (Å²) in [4.78, 5) is 12.2. The van der Waals surface area contributed by atoms with Crippen molar-refractivity contribution in [2.75, 3.05) is 5.73 Å². The molecule has 0 bridgehead atoms. The van der Waals surface area contributed by atoms with Crippen molar-refractivity contribution in [1.29, 1.82) is 0 Å². The number of aryl methyl sites for hydroxylation is 1. The van der Waals surface area contributed by atoms with E-state index in [2.05, 4.69) is 50.4 Å². The predicted molar refractivity (Wildman–Crippen MR) is 108 cm³/mol. The zero-order chi connectivity index (χ0) is 17.7. The molecule has 0 aromatic heterocycles. The number of nitrogen functional groups attached to an aromatic ring is 1. The number of benzene rings is 2. The third kappa shape index (κ3) is 6.09. The summed E-state index contributed by atoms with van der Waals surface area (Å²) in [7, 11) is 0. The van der Waals surface area contributed by atoms with Crippen LogP contribution in [0.5, 0.6) is 0 Å². The van der Waals surface area contributed by atoms with Crippen molar-refractivity contribution in [3.63, 3.8) is 0 Å². The summed E-state index contributed by atoms with van der Waals surface area (Å²) in [6, 6.07) is 16.2. The highest BCUT2D eigenvalue weighted by molar-refractivity contribution is 5.85. The number of rotatable bonds is 5. The van der Waals surface area contributed by atoms with Gasteiger partial charge in [-0.15, -0.1) is 12.4 Å². The molecule has 0 aliphatic carbocycles. The van der Waals surface area contributed by atoms with Crippen molar-refractivity contribution in [2.24, 2.45) is 0 Å². The maximum Gasteiger partial charge on any atom is 0.220 e. The van der Waals surface area contributed by atoms with Gasteiger partial charge in [-0.25, -0.2) is 0 Å². The van der Waals surface area contributed by atoms with Gasteiger partial charge in [0, 0.05) is 12.1 Å². The van der Waals surface area contributed by atoms with E-state index in [0.717, 1.165) is 16.8 Å². The summed E-state index contributed by atoms with van der Waals surface area (Å²) in [6.45, 7) is 8.61. The van der Waals surface area contributed by atoms with Gasteiger partial charge in [-0.3, -0.25) is 4.79 Å². The summed E-state index contributed by atoms with van der Waals surface area (Å²) in [6.07, 6.45) is 1.10. The van der Waals surface area contributed by atoms with Gasteiger partial charge >= 0.3 is 0 Å². The fourth-order valence-electron chi connectivity index (χ4n) is 2.68. The molecule has 4 heteroatoms. The summed E-state index contributed by atoms with van der Waals surface area (Å²) in [5, 5.41) is 3.06. The molecule has 136 valence electrons. The standard InChI is InChI=1S/C21H28N2O.ClH/c1-15(16-9-12-18(13-10-16)21(2,3)4)23-20(24)14-11-17-7-5-6-8-19(17)22;/h5-10,12-13,15H,11,14,22H2,1-4H3,(H,23,24);1H. The van der Waals surface area contributed by atoms with E-state index in [0.29, 0.717) is 12.8 Å². The maximum atomic E-state index is 12.2. The lowest BCUT2D eigenvalue weighted by molar-refractivity contribution is -0.121. The van der Waals surface area contributed by atoms with Gasteiger partial charge in [-0.1, -0.05) is 63.2 Å². The molecule has 0 fully saturated rings. The molecular formula is C21H29ClN2O. The van der Waals surface area contributed by atoms with Gasteiger partial charge in [-0.05, 0) is 41.5 Å². The van der Waals surface area contributed by atoms with E-state index in [4.69, 9.17) is 5.73 Å². The quantitative estimate of drug-likeness (QED) is 0.752. The Balaban J connectivity index is 0.00000312. The molecule has 0 saturated heterocycles. The van der Waals surface area contributed by atoms with E-state index in [1.54, 1.807) is 0 Å². The van der Waals surface area contributed by atoms with Crippen LogP contribution in [0.2, 0.25) is 0 Å². The highest BCUT2D eigenvalue weighted by Gasteiger charge is 2.15. The Hall–Kier alpha value is -2.00. The van der Waals surface area contributed by atoms with Gasteiger partial charge in [-0.2, -0.15) is 0 Å². The largest absolute Gasteiger partial charge is 0.399 e. The summed E-state index contributed by atoms with van der Waals surface area (Å²) in [5.74, 6) is 0.0469. The molecule has 3 N–H and O–H groups in total. The number of amides is 1. The first-order valence-corrected chi connectivity index (χ1v) is 8.50. The molecule has 0 radical (unpaired) electrons. The average Bonchev–Trinajstić information content (AvgIpc) is 2.53. The summed E-state index contributed by atoms with van der Waals surface area (Å²) >= 11 is 0. The molecule has 3 nitrogen and oxygen atoms in total. The summed E-state index contributed by atoms with van der Waals surface area (Å²) in [5.41, 5.74) is 10.2. The first kappa shape index (κ1) is 21.0. The molecule has 1 atom stereocenters.